The van der Waals surface area contributed by atoms with Gasteiger partial charge in [0, 0.05) is 11.4 Å². The smallest absolute Gasteiger partial charge is 0.238 e. The molecule has 27 heavy (non-hydrogen) atoms. The third-order valence-corrected chi connectivity index (χ3v) is 6.04. The molecule has 1 amide bonds. The van der Waals surface area contributed by atoms with Gasteiger partial charge in [-0.3, -0.25) is 9.69 Å². The van der Waals surface area contributed by atoms with Gasteiger partial charge in [-0.2, -0.15) is 0 Å². The Morgan fingerprint density at radius 1 is 1.22 bits per heavy atom. The molecule has 6 heteroatoms. The van der Waals surface area contributed by atoms with E-state index in [0.29, 0.717) is 5.69 Å². The molecular weight excluding hydrogens is 383 g/mol. The summed E-state index contributed by atoms with van der Waals surface area (Å²) >= 11 is 7.80. The van der Waals surface area contributed by atoms with E-state index in [1.54, 1.807) is 11.3 Å². The van der Waals surface area contributed by atoms with Crippen LogP contribution in [0.2, 0.25) is 5.02 Å². The summed E-state index contributed by atoms with van der Waals surface area (Å²) in [6.45, 7) is 1.04. The largest absolute Gasteiger partial charge is 0.324 e. The van der Waals surface area contributed by atoms with Crippen LogP contribution in [0.5, 0.6) is 0 Å². The Labute approximate surface area is 166 Å². The number of halogens is 2. The Bertz CT molecular complexity index is 960. The van der Waals surface area contributed by atoms with Gasteiger partial charge in [-0.1, -0.05) is 41.9 Å². The molecule has 1 aromatic heterocycles. The zero-order valence-corrected chi connectivity index (χ0v) is 16.1. The van der Waals surface area contributed by atoms with E-state index < -0.39 is 5.82 Å². The van der Waals surface area contributed by atoms with E-state index in [1.807, 2.05) is 18.2 Å². The van der Waals surface area contributed by atoms with Gasteiger partial charge in [0.25, 0.3) is 0 Å². The second-order valence-electron chi connectivity index (χ2n) is 6.51. The van der Waals surface area contributed by atoms with Crippen molar-refractivity contribution in [1.29, 1.82) is 0 Å². The molecule has 3 nitrogen and oxygen atoms in total. The molecule has 1 atom stereocenters. The van der Waals surface area contributed by atoms with Gasteiger partial charge in [0.2, 0.25) is 5.91 Å². The van der Waals surface area contributed by atoms with E-state index in [4.69, 9.17) is 11.6 Å². The van der Waals surface area contributed by atoms with Gasteiger partial charge in [-0.15, -0.1) is 11.3 Å². The number of nitrogens with one attached hydrogen (secondary N) is 1. The van der Waals surface area contributed by atoms with Crippen LogP contribution in [0.3, 0.4) is 0 Å². The molecule has 2 aromatic carbocycles. The summed E-state index contributed by atoms with van der Waals surface area (Å²) in [5, 5.41) is 5.11. The van der Waals surface area contributed by atoms with Crippen LogP contribution in [0.4, 0.5) is 10.1 Å². The fourth-order valence-corrected chi connectivity index (χ4v) is 4.65. The van der Waals surface area contributed by atoms with Gasteiger partial charge in [-0.25, -0.2) is 4.39 Å². The number of hydrogen-bond donors (Lipinski definition) is 1. The highest BCUT2D eigenvalue weighted by Crippen LogP contribution is 2.37. The van der Waals surface area contributed by atoms with Crippen LogP contribution in [0.25, 0.3) is 0 Å². The molecule has 2 heterocycles. The first-order valence-corrected chi connectivity index (χ1v) is 9.98. The van der Waals surface area contributed by atoms with E-state index in [2.05, 4.69) is 33.8 Å². The maximum Gasteiger partial charge on any atom is 0.238 e. The van der Waals surface area contributed by atoms with E-state index in [0.717, 1.165) is 13.0 Å². The topological polar surface area (TPSA) is 32.3 Å². The lowest BCUT2D eigenvalue weighted by Gasteiger charge is -2.35. The molecule has 1 aliphatic rings. The summed E-state index contributed by atoms with van der Waals surface area (Å²) < 4.78 is 13.2. The first kappa shape index (κ1) is 18.2. The normalized spacial score (nSPS) is 16.7. The minimum atomic E-state index is -0.428. The van der Waals surface area contributed by atoms with Gasteiger partial charge >= 0.3 is 0 Å². The summed E-state index contributed by atoms with van der Waals surface area (Å²) in [6.07, 6.45) is 0.931. The third kappa shape index (κ3) is 3.90. The molecule has 1 aliphatic heterocycles. The van der Waals surface area contributed by atoms with Crippen LogP contribution in [0.1, 0.15) is 22.0 Å². The van der Waals surface area contributed by atoms with Gasteiger partial charge in [0.15, 0.2) is 0 Å². The number of amides is 1. The molecule has 0 saturated heterocycles. The molecule has 3 aromatic rings. The average molecular weight is 401 g/mol. The highest BCUT2D eigenvalue weighted by molar-refractivity contribution is 7.10. The lowest BCUT2D eigenvalue weighted by Crippen LogP contribution is -2.40. The van der Waals surface area contributed by atoms with Crippen molar-refractivity contribution < 1.29 is 9.18 Å². The van der Waals surface area contributed by atoms with Gasteiger partial charge < -0.3 is 5.32 Å². The quantitative estimate of drug-likeness (QED) is 0.658. The highest BCUT2D eigenvalue weighted by atomic mass is 35.5. The molecule has 0 bridgehead atoms. The van der Waals surface area contributed by atoms with Crippen LogP contribution < -0.4 is 5.32 Å². The van der Waals surface area contributed by atoms with Crippen molar-refractivity contribution in [2.45, 2.75) is 12.5 Å². The summed E-state index contributed by atoms with van der Waals surface area (Å²) in [5.41, 5.74) is 2.86. The van der Waals surface area contributed by atoms with Gasteiger partial charge in [-0.05, 0) is 47.2 Å². The average Bonchev–Trinajstić information content (AvgIpc) is 3.13. The Hall–Kier alpha value is -2.21. The molecule has 4 rings (SSSR count). The monoisotopic (exact) mass is 400 g/mol. The second-order valence-corrected chi connectivity index (χ2v) is 7.91. The number of benzene rings is 2. The van der Waals surface area contributed by atoms with Crippen LogP contribution in [-0.2, 0) is 11.2 Å². The molecule has 1 unspecified atom stereocenters. The predicted molar refractivity (Wildman–Crippen MR) is 108 cm³/mol. The Balaban J connectivity index is 1.56. The number of anilines is 1. The number of thiophene rings is 1. The number of carbonyl (C=O) groups excluding carboxylic acids is 1. The summed E-state index contributed by atoms with van der Waals surface area (Å²) in [4.78, 5) is 16.2. The van der Waals surface area contributed by atoms with Crippen LogP contribution in [0, 0.1) is 5.82 Å². The Morgan fingerprint density at radius 3 is 2.81 bits per heavy atom. The third-order valence-electron chi connectivity index (χ3n) is 4.73. The van der Waals surface area contributed by atoms with Crippen molar-refractivity contribution in [3.63, 3.8) is 0 Å². The highest BCUT2D eigenvalue weighted by Gasteiger charge is 2.30. The maximum atomic E-state index is 13.2. The van der Waals surface area contributed by atoms with E-state index in [-0.39, 0.29) is 23.5 Å². The zero-order valence-electron chi connectivity index (χ0n) is 14.5. The molecule has 0 fully saturated rings. The summed E-state index contributed by atoms with van der Waals surface area (Å²) in [6, 6.07) is 16.4. The van der Waals surface area contributed by atoms with Crippen LogP contribution >= 0.6 is 22.9 Å². The molecule has 0 saturated carbocycles. The first-order chi connectivity index (χ1) is 13.1. The van der Waals surface area contributed by atoms with Crippen molar-refractivity contribution in [1.82, 2.24) is 4.90 Å². The fraction of sp³-hybridized carbons (Fsp3) is 0.190. The molecular formula is C21H18ClFN2OS. The van der Waals surface area contributed by atoms with Crippen LogP contribution in [-0.4, -0.2) is 23.9 Å². The van der Waals surface area contributed by atoms with Crippen molar-refractivity contribution in [3.05, 3.63) is 86.8 Å². The van der Waals surface area contributed by atoms with Crippen molar-refractivity contribution in [2.75, 3.05) is 18.4 Å². The zero-order chi connectivity index (χ0) is 18.8. The first-order valence-electron chi connectivity index (χ1n) is 8.72. The minimum absolute atomic E-state index is 0.0515. The van der Waals surface area contributed by atoms with E-state index >= 15 is 0 Å². The number of hydrogen-bond acceptors (Lipinski definition) is 3. The molecule has 0 spiro atoms. The maximum absolute atomic E-state index is 13.2. The minimum Gasteiger partial charge on any atom is -0.324 e. The predicted octanol–water partition coefficient (Wildman–Crippen LogP) is 5.13. The standard InChI is InChI=1S/C21H18ClFN2OS/c22-17-12-15(23)6-7-18(17)24-20(26)13-25-10-8-19-16(9-11-27-19)21(25)14-4-2-1-3-5-14/h1-7,9,11-12,21H,8,10,13H2,(H,24,26). The number of fused-ring (bicyclic) bond motifs is 1. The molecule has 0 aliphatic carbocycles. The number of nitrogens with zero attached hydrogens (tertiary/aromatic N) is 1. The second kappa shape index (κ2) is 7.80. The Kier molecular flexibility index (Phi) is 5.25. The van der Waals surface area contributed by atoms with E-state index in [9.17, 15) is 9.18 Å². The van der Waals surface area contributed by atoms with Crippen molar-refractivity contribution in [2.24, 2.45) is 0 Å². The van der Waals surface area contributed by atoms with Crippen molar-refractivity contribution >= 4 is 34.5 Å². The van der Waals surface area contributed by atoms with Gasteiger partial charge in [0.05, 0.1) is 23.3 Å². The van der Waals surface area contributed by atoms with Crippen LogP contribution in [0.15, 0.2) is 60.0 Å². The molecule has 1 N–H and O–H groups in total. The molecule has 138 valence electrons. The lowest BCUT2D eigenvalue weighted by molar-refractivity contribution is -0.117. The van der Waals surface area contributed by atoms with Crippen molar-refractivity contribution in [3.8, 4) is 0 Å². The molecule has 0 radical (unpaired) electrons. The summed E-state index contributed by atoms with van der Waals surface area (Å²) in [5.74, 6) is -0.591. The number of rotatable bonds is 4. The van der Waals surface area contributed by atoms with Gasteiger partial charge in [0.1, 0.15) is 5.82 Å². The fourth-order valence-electron chi connectivity index (χ4n) is 3.53. The van der Waals surface area contributed by atoms with E-state index in [1.165, 1.54) is 34.2 Å². The number of carbonyl (C=O) groups is 1. The summed E-state index contributed by atoms with van der Waals surface area (Å²) in [7, 11) is 0. The lowest BCUT2D eigenvalue weighted by atomic mass is 9.93. The SMILES string of the molecule is O=C(CN1CCc2sccc2C1c1ccccc1)Nc1ccc(F)cc1Cl. The Morgan fingerprint density at radius 2 is 2.04 bits per heavy atom.